The predicted octanol–water partition coefficient (Wildman–Crippen LogP) is 2.84. The molecular weight excluding hydrogens is 368 g/mol. The Bertz CT molecular complexity index is 1040. The van der Waals surface area contributed by atoms with Crippen molar-refractivity contribution in [1.82, 2.24) is 19.9 Å². The monoisotopic (exact) mass is 392 g/mol. The predicted molar refractivity (Wildman–Crippen MR) is 110 cm³/mol. The first-order valence-electron chi connectivity index (χ1n) is 9.61. The molecule has 0 amide bonds. The Morgan fingerprint density at radius 1 is 1.10 bits per heavy atom. The normalized spacial score (nSPS) is 16.7. The van der Waals surface area contributed by atoms with Crippen LogP contribution in [-0.2, 0) is 6.54 Å². The van der Waals surface area contributed by atoms with Crippen LogP contribution in [0.3, 0.4) is 0 Å². The maximum atomic E-state index is 12.2. The lowest BCUT2D eigenvalue weighted by atomic mass is 10.0. The summed E-state index contributed by atoms with van der Waals surface area (Å²) >= 11 is 0. The number of benzene rings is 1. The minimum atomic E-state index is -0.125. The third-order valence-electron chi connectivity index (χ3n) is 5.26. The molecule has 150 valence electrons. The molecule has 0 bridgehead atoms. The maximum absolute atomic E-state index is 12.2. The molecular formula is C22H24N4O3. The van der Waals surface area contributed by atoms with Crippen molar-refractivity contribution in [3.05, 3.63) is 70.4 Å². The van der Waals surface area contributed by atoms with E-state index in [1.807, 2.05) is 24.3 Å². The Balaban J connectivity index is 1.49. The van der Waals surface area contributed by atoms with E-state index in [0.29, 0.717) is 5.82 Å². The third-order valence-corrected chi connectivity index (χ3v) is 5.26. The van der Waals surface area contributed by atoms with E-state index in [4.69, 9.17) is 14.5 Å². The number of pyridine rings is 1. The molecule has 7 nitrogen and oxygen atoms in total. The summed E-state index contributed by atoms with van der Waals surface area (Å²) in [6.07, 6.45) is 4.37. The van der Waals surface area contributed by atoms with E-state index < -0.39 is 0 Å². The van der Waals surface area contributed by atoms with Gasteiger partial charge in [-0.25, -0.2) is 4.98 Å². The van der Waals surface area contributed by atoms with Crippen LogP contribution in [0.25, 0.3) is 11.4 Å². The highest BCUT2D eigenvalue weighted by Gasteiger charge is 2.26. The summed E-state index contributed by atoms with van der Waals surface area (Å²) in [6.45, 7) is 2.63. The summed E-state index contributed by atoms with van der Waals surface area (Å²) in [5.74, 6) is 2.29. The largest absolute Gasteiger partial charge is 0.493 e. The summed E-state index contributed by atoms with van der Waals surface area (Å²) in [5, 5.41) is 0. The molecule has 1 aliphatic heterocycles. The van der Waals surface area contributed by atoms with Crippen LogP contribution in [0.1, 0.15) is 23.6 Å². The van der Waals surface area contributed by atoms with Crippen LogP contribution in [0.5, 0.6) is 11.5 Å². The van der Waals surface area contributed by atoms with Gasteiger partial charge in [0.1, 0.15) is 5.82 Å². The van der Waals surface area contributed by atoms with Gasteiger partial charge in [0.2, 0.25) is 0 Å². The summed E-state index contributed by atoms with van der Waals surface area (Å²) in [6, 6.07) is 11.3. The number of aromatic amines is 1. The van der Waals surface area contributed by atoms with Crippen LogP contribution in [0, 0.1) is 0 Å². The number of likely N-dealkylation sites (tertiary alicyclic amines) is 1. The van der Waals surface area contributed by atoms with E-state index >= 15 is 0 Å². The van der Waals surface area contributed by atoms with Crippen LogP contribution >= 0.6 is 0 Å². The average molecular weight is 392 g/mol. The third kappa shape index (κ3) is 4.30. The van der Waals surface area contributed by atoms with Crippen molar-refractivity contribution in [2.24, 2.45) is 0 Å². The number of hydrogen-bond acceptors (Lipinski definition) is 6. The summed E-state index contributed by atoms with van der Waals surface area (Å²) in [4.78, 5) is 26.2. The van der Waals surface area contributed by atoms with Crippen LogP contribution in [0.15, 0.2) is 53.6 Å². The van der Waals surface area contributed by atoms with Crippen molar-refractivity contribution in [3.63, 3.8) is 0 Å². The quantitative estimate of drug-likeness (QED) is 0.695. The van der Waals surface area contributed by atoms with Gasteiger partial charge in [0.15, 0.2) is 11.5 Å². The van der Waals surface area contributed by atoms with Crippen LogP contribution in [-0.4, -0.2) is 47.2 Å². The van der Waals surface area contributed by atoms with E-state index in [9.17, 15) is 4.79 Å². The van der Waals surface area contributed by atoms with Gasteiger partial charge in [-0.3, -0.25) is 14.7 Å². The molecule has 1 saturated heterocycles. The molecule has 1 atom stereocenters. The second-order valence-electron chi connectivity index (χ2n) is 7.16. The fourth-order valence-electron chi connectivity index (χ4n) is 3.79. The number of methoxy groups -OCH3 is 2. The molecule has 1 N–H and O–H groups in total. The van der Waals surface area contributed by atoms with Gasteiger partial charge in [-0.05, 0) is 42.8 Å². The van der Waals surface area contributed by atoms with Crippen molar-refractivity contribution in [2.75, 3.05) is 27.3 Å². The molecule has 0 saturated carbocycles. The van der Waals surface area contributed by atoms with Crippen molar-refractivity contribution in [1.29, 1.82) is 0 Å². The Morgan fingerprint density at radius 2 is 1.90 bits per heavy atom. The highest BCUT2D eigenvalue weighted by molar-refractivity contribution is 5.53. The zero-order valence-electron chi connectivity index (χ0n) is 16.6. The number of ether oxygens (including phenoxy) is 2. The highest BCUT2D eigenvalue weighted by Crippen LogP contribution is 2.31. The lowest BCUT2D eigenvalue weighted by Gasteiger charge is -2.17. The zero-order valence-corrected chi connectivity index (χ0v) is 16.6. The summed E-state index contributed by atoms with van der Waals surface area (Å²) in [7, 11) is 3.28. The molecule has 1 aromatic carbocycles. The molecule has 4 rings (SSSR count). The minimum absolute atomic E-state index is 0.125. The van der Waals surface area contributed by atoms with Gasteiger partial charge in [0.25, 0.3) is 5.56 Å². The SMILES string of the molecule is COc1ccc(CN2CC[C@@H](c3cc(=O)[nH]c(-c4ccncc4)n3)C2)cc1OC. The van der Waals surface area contributed by atoms with Gasteiger partial charge < -0.3 is 14.5 Å². The van der Waals surface area contributed by atoms with E-state index in [0.717, 1.165) is 48.8 Å². The molecule has 3 aromatic rings. The topological polar surface area (TPSA) is 80.3 Å². The number of H-pyrrole nitrogens is 1. The molecule has 0 aliphatic carbocycles. The van der Waals surface area contributed by atoms with Gasteiger partial charge in [0, 0.05) is 43.0 Å². The Kier molecular flexibility index (Phi) is 5.57. The first kappa shape index (κ1) is 19.1. The number of nitrogens with zero attached hydrogens (tertiary/aromatic N) is 3. The molecule has 0 radical (unpaired) electrons. The fraction of sp³-hybridized carbons (Fsp3) is 0.318. The number of rotatable bonds is 6. The number of nitrogens with one attached hydrogen (secondary N) is 1. The van der Waals surface area contributed by atoms with Gasteiger partial charge >= 0.3 is 0 Å². The van der Waals surface area contributed by atoms with E-state index in [-0.39, 0.29) is 11.5 Å². The van der Waals surface area contributed by atoms with Crippen molar-refractivity contribution < 1.29 is 9.47 Å². The molecule has 1 fully saturated rings. The van der Waals surface area contributed by atoms with E-state index in [1.165, 1.54) is 5.56 Å². The highest BCUT2D eigenvalue weighted by atomic mass is 16.5. The minimum Gasteiger partial charge on any atom is -0.493 e. The molecule has 2 aromatic heterocycles. The van der Waals surface area contributed by atoms with Crippen molar-refractivity contribution in [3.8, 4) is 22.9 Å². The number of hydrogen-bond donors (Lipinski definition) is 1. The fourth-order valence-corrected chi connectivity index (χ4v) is 3.79. The maximum Gasteiger partial charge on any atom is 0.251 e. The molecule has 0 unspecified atom stereocenters. The van der Waals surface area contributed by atoms with Gasteiger partial charge in [0.05, 0.1) is 19.9 Å². The van der Waals surface area contributed by atoms with Crippen LogP contribution in [0.2, 0.25) is 0 Å². The van der Waals surface area contributed by atoms with Crippen molar-refractivity contribution in [2.45, 2.75) is 18.9 Å². The molecule has 1 aliphatic rings. The van der Waals surface area contributed by atoms with Gasteiger partial charge in [-0.15, -0.1) is 0 Å². The van der Waals surface area contributed by atoms with Gasteiger partial charge in [-0.2, -0.15) is 0 Å². The standard InChI is InChI=1S/C22H24N4O3/c1-28-19-4-3-15(11-20(19)29-2)13-26-10-7-17(14-26)18-12-21(27)25-22(24-18)16-5-8-23-9-6-16/h3-6,8-9,11-12,17H,7,10,13-14H2,1-2H3,(H,24,25,27)/t17-/m1/s1. The lowest BCUT2D eigenvalue weighted by molar-refractivity contribution is 0.323. The summed E-state index contributed by atoms with van der Waals surface area (Å²) < 4.78 is 10.7. The lowest BCUT2D eigenvalue weighted by Crippen LogP contribution is -2.20. The second-order valence-corrected chi connectivity index (χ2v) is 7.16. The first-order valence-corrected chi connectivity index (χ1v) is 9.61. The van der Waals surface area contributed by atoms with Crippen LogP contribution < -0.4 is 15.0 Å². The van der Waals surface area contributed by atoms with Crippen LogP contribution in [0.4, 0.5) is 0 Å². The summed E-state index contributed by atoms with van der Waals surface area (Å²) in [5.41, 5.74) is 2.74. The number of aromatic nitrogens is 3. The molecule has 7 heteroatoms. The Morgan fingerprint density at radius 3 is 2.66 bits per heavy atom. The zero-order chi connectivity index (χ0) is 20.2. The Hall–Kier alpha value is -3.19. The smallest absolute Gasteiger partial charge is 0.251 e. The van der Waals surface area contributed by atoms with E-state index in [2.05, 4.69) is 20.9 Å². The average Bonchev–Trinajstić information content (AvgIpc) is 3.22. The Labute approximate surface area is 169 Å². The molecule has 29 heavy (non-hydrogen) atoms. The van der Waals surface area contributed by atoms with E-state index in [1.54, 1.807) is 32.7 Å². The van der Waals surface area contributed by atoms with Gasteiger partial charge in [-0.1, -0.05) is 6.07 Å². The second kappa shape index (κ2) is 8.45. The van der Waals surface area contributed by atoms with Crippen molar-refractivity contribution >= 4 is 0 Å². The molecule has 0 spiro atoms. The molecule has 3 heterocycles. The first-order chi connectivity index (χ1) is 14.2.